The summed E-state index contributed by atoms with van der Waals surface area (Å²) in [6.45, 7) is 0. The number of ether oxygens (including phenoxy) is 1. The Labute approximate surface area is 71.4 Å². The van der Waals surface area contributed by atoms with E-state index in [9.17, 15) is 0 Å². The van der Waals surface area contributed by atoms with Crippen LogP contribution in [0.25, 0.3) is 10.9 Å². The molecule has 2 nitrogen and oxygen atoms in total. The molecule has 2 rings (SSSR count). The molecule has 1 aromatic carbocycles. The highest BCUT2D eigenvalue weighted by Gasteiger charge is 2.02. The van der Waals surface area contributed by atoms with Gasteiger partial charge in [0, 0.05) is 24.7 Å². The van der Waals surface area contributed by atoms with Gasteiger partial charge in [0.25, 0.3) is 0 Å². The Morgan fingerprint density at radius 2 is 2.25 bits per heavy atom. The van der Waals surface area contributed by atoms with Crippen molar-refractivity contribution in [3.05, 3.63) is 30.5 Å². The maximum Gasteiger partial charge on any atom is 0.128 e. The fourth-order valence-electron chi connectivity index (χ4n) is 1.36. The van der Waals surface area contributed by atoms with Gasteiger partial charge in [0.1, 0.15) is 5.75 Å². The van der Waals surface area contributed by atoms with Crippen molar-refractivity contribution in [3.63, 3.8) is 0 Å². The van der Waals surface area contributed by atoms with E-state index >= 15 is 0 Å². The maximum absolute atomic E-state index is 5.20. The van der Waals surface area contributed by atoms with Gasteiger partial charge in [-0.2, -0.15) is 0 Å². The zero-order valence-corrected chi connectivity index (χ0v) is 7.16. The molecule has 12 heavy (non-hydrogen) atoms. The van der Waals surface area contributed by atoms with Crippen LogP contribution in [0.1, 0.15) is 0 Å². The van der Waals surface area contributed by atoms with E-state index in [2.05, 4.69) is 6.07 Å². The predicted octanol–water partition coefficient (Wildman–Crippen LogP) is 1.99. The first kappa shape index (κ1) is 7.22. The van der Waals surface area contributed by atoms with Crippen LogP contribution in [-0.2, 0) is 7.05 Å². The van der Waals surface area contributed by atoms with E-state index in [1.807, 2.05) is 36.0 Å². The lowest BCUT2D eigenvalue weighted by molar-refractivity contribution is 0.420. The van der Waals surface area contributed by atoms with Crippen molar-refractivity contribution in [1.82, 2.24) is 4.57 Å². The minimum atomic E-state index is 0.883. The second-order valence-corrected chi connectivity index (χ2v) is 2.74. The Morgan fingerprint density at radius 1 is 1.42 bits per heavy atom. The Morgan fingerprint density at radius 3 is 3.00 bits per heavy atom. The van der Waals surface area contributed by atoms with Crippen molar-refractivity contribution >= 4 is 10.9 Å². The number of fused-ring (bicyclic) bond motifs is 1. The molecule has 2 aromatic rings. The Hall–Kier alpha value is -1.44. The monoisotopic (exact) mass is 160 g/mol. The van der Waals surface area contributed by atoms with E-state index in [4.69, 9.17) is 4.74 Å². The highest BCUT2D eigenvalue weighted by molar-refractivity contribution is 5.85. The molecule has 0 aliphatic heterocycles. The number of benzene rings is 1. The molecule has 0 saturated heterocycles. The van der Waals surface area contributed by atoms with Crippen LogP contribution >= 0.6 is 0 Å². The van der Waals surface area contributed by atoms with Crippen LogP contribution in [0.15, 0.2) is 24.4 Å². The second-order valence-electron chi connectivity index (χ2n) is 2.74. The third kappa shape index (κ3) is 0.881. The molecule has 0 N–H and O–H groups in total. The van der Waals surface area contributed by atoms with Crippen LogP contribution in [0.4, 0.5) is 0 Å². The molecule has 0 unspecified atom stereocenters. The third-order valence-electron chi connectivity index (χ3n) is 2.01. The van der Waals surface area contributed by atoms with Crippen molar-refractivity contribution in [2.24, 2.45) is 7.05 Å². The zero-order valence-electron chi connectivity index (χ0n) is 7.16. The van der Waals surface area contributed by atoms with Crippen molar-refractivity contribution in [1.29, 1.82) is 0 Å². The smallest absolute Gasteiger partial charge is 0.128 e. The number of methoxy groups -OCH3 is 1. The molecular weight excluding hydrogens is 150 g/mol. The molecule has 1 heterocycles. The van der Waals surface area contributed by atoms with Gasteiger partial charge < -0.3 is 9.30 Å². The van der Waals surface area contributed by atoms with Gasteiger partial charge in [-0.15, -0.1) is 0 Å². The number of hydrogen-bond acceptors (Lipinski definition) is 1. The van der Waals surface area contributed by atoms with Gasteiger partial charge in [0.15, 0.2) is 0 Å². The van der Waals surface area contributed by atoms with Crippen molar-refractivity contribution < 1.29 is 4.74 Å². The first-order valence-corrected chi connectivity index (χ1v) is 3.82. The van der Waals surface area contributed by atoms with Crippen LogP contribution in [0, 0.1) is 6.07 Å². The zero-order chi connectivity index (χ0) is 8.55. The molecule has 0 amide bonds. The summed E-state index contributed by atoms with van der Waals surface area (Å²) in [5.41, 5.74) is 1.15. The number of hydrogen-bond donors (Lipinski definition) is 0. The van der Waals surface area contributed by atoms with Gasteiger partial charge in [-0.1, -0.05) is 6.07 Å². The minimum absolute atomic E-state index is 0.883. The average molecular weight is 160 g/mol. The molecule has 1 radical (unpaired) electrons. The number of aromatic nitrogens is 1. The molecule has 0 bridgehead atoms. The third-order valence-corrected chi connectivity index (χ3v) is 2.01. The van der Waals surface area contributed by atoms with Crippen molar-refractivity contribution in [3.8, 4) is 5.75 Å². The normalized spacial score (nSPS) is 10.5. The van der Waals surface area contributed by atoms with E-state index in [-0.39, 0.29) is 0 Å². The molecule has 0 atom stereocenters. The second kappa shape index (κ2) is 2.55. The molecule has 1 aromatic heterocycles. The summed E-state index contributed by atoms with van der Waals surface area (Å²) in [7, 11) is 3.67. The molecule has 61 valence electrons. The molecule has 0 aliphatic rings. The number of nitrogens with zero attached hydrogens (tertiary/aromatic N) is 1. The molecule has 0 saturated carbocycles. The Balaban J connectivity index is 2.81. The standard InChI is InChI=1S/C10H10NO/c1-11-7-6-8-9(11)4-3-5-10(8)12-2/h3-5,7H,1-2H3. The minimum Gasteiger partial charge on any atom is -0.496 e. The van der Waals surface area contributed by atoms with Crippen LogP contribution in [0.3, 0.4) is 0 Å². The quantitative estimate of drug-likeness (QED) is 0.622. The summed E-state index contributed by atoms with van der Waals surface area (Å²) in [4.78, 5) is 0. The Bertz CT molecular complexity index is 403. The maximum atomic E-state index is 5.20. The summed E-state index contributed by atoms with van der Waals surface area (Å²) in [5, 5.41) is 1.04. The van der Waals surface area contributed by atoms with Gasteiger partial charge in [0.2, 0.25) is 0 Å². The van der Waals surface area contributed by atoms with Crippen molar-refractivity contribution in [2.45, 2.75) is 0 Å². The Kier molecular flexibility index (Phi) is 1.54. The lowest BCUT2D eigenvalue weighted by Gasteiger charge is -2.01. The average Bonchev–Trinajstić information content (AvgIpc) is 2.48. The van der Waals surface area contributed by atoms with E-state index in [0.717, 1.165) is 16.7 Å². The van der Waals surface area contributed by atoms with Crippen LogP contribution < -0.4 is 4.74 Å². The largest absolute Gasteiger partial charge is 0.496 e. The van der Waals surface area contributed by atoms with E-state index < -0.39 is 0 Å². The topological polar surface area (TPSA) is 14.2 Å². The van der Waals surface area contributed by atoms with Gasteiger partial charge in [0.05, 0.1) is 12.6 Å². The molecule has 2 heteroatoms. The highest BCUT2D eigenvalue weighted by Crippen LogP contribution is 2.24. The van der Waals surface area contributed by atoms with Gasteiger partial charge in [-0.3, -0.25) is 0 Å². The van der Waals surface area contributed by atoms with Crippen molar-refractivity contribution in [2.75, 3.05) is 7.11 Å². The summed E-state index contributed by atoms with van der Waals surface area (Å²) < 4.78 is 7.22. The molecule has 0 spiro atoms. The van der Waals surface area contributed by atoms with Crippen LogP contribution in [-0.4, -0.2) is 11.7 Å². The summed E-state index contributed by atoms with van der Waals surface area (Å²) in [5.74, 6) is 0.883. The van der Waals surface area contributed by atoms with E-state index in [1.54, 1.807) is 7.11 Å². The SMILES string of the molecule is COc1cccc2c1[c]cn2C. The molecular formula is C10H10NO. The van der Waals surface area contributed by atoms with E-state index in [0.29, 0.717) is 0 Å². The molecule has 0 fully saturated rings. The summed E-state index contributed by atoms with van der Waals surface area (Å²) >= 11 is 0. The fraction of sp³-hybridized carbons (Fsp3) is 0.200. The first-order chi connectivity index (χ1) is 5.83. The van der Waals surface area contributed by atoms with Gasteiger partial charge >= 0.3 is 0 Å². The fourth-order valence-corrected chi connectivity index (χ4v) is 1.36. The van der Waals surface area contributed by atoms with Crippen LogP contribution in [0.5, 0.6) is 5.75 Å². The summed E-state index contributed by atoms with van der Waals surface area (Å²) in [6, 6.07) is 9.12. The first-order valence-electron chi connectivity index (χ1n) is 3.82. The lowest BCUT2D eigenvalue weighted by atomic mass is 10.2. The number of rotatable bonds is 1. The lowest BCUT2D eigenvalue weighted by Crippen LogP contribution is -1.85. The highest BCUT2D eigenvalue weighted by atomic mass is 16.5. The number of aryl methyl sites for hydroxylation is 1. The molecule has 0 aliphatic carbocycles. The summed E-state index contributed by atoms with van der Waals surface area (Å²) in [6.07, 6.45) is 1.91. The van der Waals surface area contributed by atoms with E-state index in [1.165, 1.54) is 0 Å². The predicted molar refractivity (Wildman–Crippen MR) is 48.3 cm³/mol. The van der Waals surface area contributed by atoms with Gasteiger partial charge in [-0.25, -0.2) is 0 Å². The van der Waals surface area contributed by atoms with Gasteiger partial charge in [-0.05, 0) is 12.1 Å². The van der Waals surface area contributed by atoms with Crippen LogP contribution in [0.2, 0.25) is 0 Å².